The summed E-state index contributed by atoms with van der Waals surface area (Å²) in [5.74, 6) is 0.456. The minimum absolute atomic E-state index is 0.113. The van der Waals surface area contributed by atoms with E-state index < -0.39 is 10.0 Å². The molecule has 0 bridgehead atoms. The lowest BCUT2D eigenvalue weighted by molar-refractivity contribution is 0.194. The van der Waals surface area contributed by atoms with E-state index in [-0.39, 0.29) is 16.0 Å². The predicted octanol–water partition coefficient (Wildman–Crippen LogP) is 3.29. The van der Waals surface area contributed by atoms with Gasteiger partial charge in [-0.05, 0) is 43.1 Å². The molecule has 0 amide bonds. The molecule has 140 valence electrons. The van der Waals surface area contributed by atoms with Crippen LogP contribution in [-0.4, -0.2) is 39.6 Å². The van der Waals surface area contributed by atoms with E-state index in [1.807, 2.05) is 18.2 Å². The van der Waals surface area contributed by atoms with Crippen LogP contribution in [-0.2, 0) is 16.6 Å². The van der Waals surface area contributed by atoms with Crippen molar-refractivity contribution in [2.75, 3.05) is 20.2 Å². The molecule has 7 heteroatoms. The summed E-state index contributed by atoms with van der Waals surface area (Å²) in [5, 5.41) is 0.282. The van der Waals surface area contributed by atoms with E-state index in [1.165, 1.54) is 24.8 Å². The van der Waals surface area contributed by atoms with Crippen LogP contribution in [0.25, 0.3) is 0 Å². The zero-order valence-corrected chi connectivity index (χ0v) is 16.3. The minimum Gasteiger partial charge on any atom is -0.495 e. The highest BCUT2D eigenvalue weighted by atomic mass is 35.5. The fraction of sp³-hybridized carbons (Fsp3) is 0.368. The van der Waals surface area contributed by atoms with Gasteiger partial charge >= 0.3 is 0 Å². The fourth-order valence-electron chi connectivity index (χ4n) is 3.24. The Hall–Kier alpha value is -1.60. The molecule has 0 radical (unpaired) electrons. The number of halogens is 1. The molecule has 0 saturated carbocycles. The molecule has 2 aromatic rings. The van der Waals surface area contributed by atoms with Gasteiger partial charge in [-0.15, -0.1) is 0 Å². The molecule has 1 fully saturated rings. The van der Waals surface area contributed by atoms with E-state index >= 15 is 0 Å². The van der Waals surface area contributed by atoms with Crippen molar-refractivity contribution in [3.8, 4) is 5.75 Å². The Bertz CT molecular complexity index is 843. The Labute approximate surface area is 160 Å². The third-order valence-electron chi connectivity index (χ3n) is 4.51. The maximum atomic E-state index is 12.7. The van der Waals surface area contributed by atoms with Crippen LogP contribution >= 0.6 is 11.6 Å². The number of hydrogen-bond donors (Lipinski definition) is 1. The van der Waals surface area contributed by atoms with Crippen molar-refractivity contribution in [2.24, 2.45) is 0 Å². The van der Waals surface area contributed by atoms with Crippen molar-refractivity contribution in [3.63, 3.8) is 0 Å². The second-order valence-electron chi connectivity index (χ2n) is 6.48. The molecule has 0 aliphatic carbocycles. The molecule has 1 heterocycles. The number of hydrogen-bond acceptors (Lipinski definition) is 4. The van der Waals surface area contributed by atoms with E-state index in [1.54, 1.807) is 6.07 Å². The lowest BCUT2D eigenvalue weighted by atomic mass is 10.1. The first-order chi connectivity index (χ1) is 12.5. The highest BCUT2D eigenvalue weighted by molar-refractivity contribution is 7.89. The number of likely N-dealkylation sites (tertiary alicyclic amines) is 1. The lowest BCUT2D eigenvalue weighted by Crippen LogP contribution is -2.47. The van der Waals surface area contributed by atoms with E-state index in [9.17, 15) is 8.42 Å². The summed E-state index contributed by atoms with van der Waals surface area (Å²) in [6, 6.07) is 14.6. The first-order valence-corrected chi connectivity index (χ1v) is 10.5. The molecule has 1 unspecified atom stereocenters. The van der Waals surface area contributed by atoms with Crippen LogP contribution in [0.3, 0.4) is 0 Å². The van der Waals surface area contributed by atoms with Crippen LogP contribution in [0.2, 0.25) is 5.02 Å². The predicted molar refractivity (Wildman–Crippen MR) is 103 cm³/mol. The smallest absolute Gasteiger partial charge is 0.240 e. The number of nitrogens with zero attached hydrogens (tertiary/aromatic N) is 1. The van der Waals surface area contributed by atoms with E-state index in [0.29, 0.717) is 12.3 Å². The summed E-state index contributed by atoms with van der Waals surface area (Å²) >= 11 is 6.07. The van der Waals surface area contributed by atoms with Gasteiger partial charge in [-0.25, -0.2) is 13.1 Å². The van der Waals surface area contributed by atoms with E-state index in [0.717, 1.165) is 25.9 Å². The number of nitrogens with one attached hydrogen (secondary N) is 1. The highest BCUT2D eigenvalue weighted by Gasteiger charge is 2.25. The van der Waals surface area contributed by atoms with E-state index in [4.69, 9.17) is 16.3 Å². The van der Waals surface area contributed by atoms with Crippen LogP contribution < -0.4 is 9.46 Å². The largest absolute Gasteiger partial charge is 0.495 e. The second-order valence-corrected chi connectivity index (χ2v) is 8.60. The standard InChI is InChI=1S/C19H23ClN2O3S/c1-25-19-10-9-17(12-18(19)20)26(23,24)21-16-8-5-11-22(14-16)13-15-6-3-2-4-7-15/h2-4,6-7,9-10,12,16,21H,5,8,11,13-14H2,1H3. The number of piperidine rings is 1. The van der Waals surface area contributed by atoms with E-state index in [2.05, 4.69) is 21.8 Å². The molecule has 1 atom stereocenters. The summed E-state index contributed by atoms with van der Waals surface area (Å²) in [6.45, 7) is 2.49. The van der Waals surface area contributed by atoms with Gasteiger partial charge in [0.15, 0.2) is 0 Å². The number of ether oxygens (including phenoxy) is 1. The Morgan fingerprint density at radius 1 is 1.23 bits per heavy atom. The quantitative estimate of drug-likeness (QED) is 0.816. The molecular weight excluding hydrogens is 372 g/mol. The van der Waals surface area contributed by atoms with Gasteiger partial charge in [0.05, 0.1) is 17.0 Å². The summed E-state index contributed by atoms with van der Waals surface area (Å²) in [4.78, 5) is 2.44. The second kappa shape index (κ2) is 8.39. The SMILES string of the molecule is COc1ccc(S(=O)(=O)NC2CCCN(Cc3ccccc3)C2)cc1Cl. The molecule has 5 nitrogen and oxygen atoms in total. The van der Waals surface area contributed by atoms with Crippen LogP contribution in [0.15, 0.2) is 53.4 Å². The van der Waals surface area contributed by atoms with Crippen molar-refractivity contribution < 1.29 is 13.2 Å². The van der Waals surface area contributed by atoms with Gasteiger partial charge in [0, 0.05) is 19.1 Å². The van der Waals surface area contributed by atoms with Crippen LogP contribution in [0, 0.1) is 0 Å². The summed E-state index contributed by atoms with van der Waals surface area (Å²) in [5.41, 5.74) is 1.23. The van der Waals surface area contributed by atoms with Gasteiger partial charge in [0.25, 0.3) is 0 Å². The van der Waals surface area contributed by atoms with Gasteiger partial charge in [0.2, 0.25) is 10.0 Å². The molecule has 2 aromatic carbocycles. The third kappa shape index (κ3) is 4.76. The molecule has 1 aliphatic heterocycles. The number of benzene rings is 2. The van der Waals surface area contributed by atoms with Crippen molar-refractivity contribution in [2.45, 2.75) is 30.3 Å². The lowest BCUT2D eigenvalue weighted by Gasteiger charge is -2.33. The molecule has 1 aliphatic rings. The van der Waals surface area contributed by atoms with Crippen molar-refractivity contribution in [1.82, 2.24) is 9.62 Å². The number of methoxy groups -OCH3 is 1. The highest BCUT2D eigenvalue weighted by Crippen LogP contribution is 2.27. The molecule has 0 spiro atoms. The van der Waals surface area contributed by atoms with Crippen LogP contribution in [0.1, 0.15) is 18.4 Å². The average molecular weight is 395 g/mol. The van der Waals surface area contributed by atoms with Crippen molar-refractivity contribution in [1.29, 1.82) is 0 Å². The first-order valence-electron chi connectivity index (χ1n) is 8.60. The monoisotopic (exact) mass is 394 g/mol. The zero-order chi connectivity index (χ0) is 18.6. The zero-order valence-electron chi connectivity index (χ0n) is 14.7. The van der Waals surface area contributed by atoms with Gasteiger partial charge < -0.3 is 4.74 Å². The molecule has 1 saturated heterocycles. The normalized spacial score (nSPS) is 18.6. The summed E-state index contributed by atoms with van der Waals surface area (Å²) in [6.07, 6.45) is 1.79. The average Bonchev–Trinajstić information content (AvgIpc) is 2.62. The maximum absolute atomic E-state index is 12.7. The van der Waals surface area contributed by atoms with Gasteiger partial charge in [-0.2, -0.15) is 0 Å². The minimum atomic E-state index is -3.62. The van der Waals surface area contributed by atoms with Gasteiger partial charge in [-0.3, -0.25) is 4.90 Å². The number of rotatable bonds is 6. The first kappa shape index (κ1) is 19.2. The molecule has 0 aromatic heterocycles. The Morgan fingerprint density at radius 2 is 2.00 bits per heavy atom. The van der Waals surface area contributed by atoms with Crippen LogP contribution in [0.5, 0.6) is 5.75 Å². The van der Waals surface area contributed by atoms with Crippen molar-refractivity contribution in [3.05, 3.63) is 59.1 Å². The maximum Gasteiger partial charge on any atom is 0.240 e. The third-order valence-corrected chi connectivity index (χ3v) is 6.32. The topological polar surface area (TPSA) is 58.6 Å². The molecule has 26 heavy (non-hydrogen) atoms. The number of sulfonamides is 1. The Balaban J connectivity index is 1.66. The Kier molecular flexibility index (Phi) is 6.19. The molecular formula is C19H23ClN2O3S. The summed E-state index contributed by atoms with van der Waals surface area (Å²) in [7, 11) is -2.12. The Morgan fingerprint density at radius 3 is 2.69 bits per heavy atom. The summed E-state index contributed by atoms with van der Waals surface area (Å²) < 4.78 is 33.3. The molecule has 1 N–H and O–H groups in total. The van der Waals surface area contributed by atoms with Crippen LogP contribution in [0.4, 0.5) is 0 Å². The van der Waals surface area contributed by atoms with Crippen molar-refractivity contribution >= 4 is 21.6 Å². The molecule has 3 rings (SSSR count). The van der Waals surface area contributed by atoms with Gasteiger partial charge in [0.1, 0.15) is 5.75 Å². The van der Waals surface area contributed by atoms with Gasteiger partial charge in [-0.1, -0.05) is 41.9 Å². The fourth-order valence-corrected chi connectivity index (χ4v) is 4.85.